The minimum Gasteiger partial charge on any atom is -0.309 e. The van der Waals surface area contributed by atoms with Gasteiger partial charge in [-0.3, -0.25) is 0 Å². The Balaban J connectivity index is 1.44. The normalized spacial score (nSPS) is 16.1. The molecule has 0 N–H and O–H groups in total. The summed E-state index contributed by atoms with van der Waals surface area (Å²) < 4.78 is 130. The molecular weight excluding hydrogens is 532 g/mol. The van der Waals surface area contributed by atoms with E-state index in [9.17, 15) is 8.22 Å². The Bertz CT molecular complexity index is 3250. The lowest BCUT2D eigenvalue weighted by atomic mass is 10.0. The van der Waals surface area contributed by atoms with Gasteiger partial charge in [0.2, 0.25) is 0 Å². The van der Waals surface area contributed by atoms with Crippen molar-refractivity contribution in [3.05, 3.63) is 170 Å². The van der Waals surface area contributed by atoms with Gasteiger partial charge >= 0.3 is 0 Å². The van der Waals surface area contributed by atoms with E-state index < -0.39 is 95.7 Å². The summed E-state index contributed by atoms with van der Waals surface area (Å²) in [6, 6.07) is 17.8. The molecule has 0 aliphatic heterocycles. The SMILES string of the molecule is [2H]c1c([2H])c([2H])c2c(c1[2H])c1c([2H])c(-c3c([2H])c([2H])c4c(c3[2H])c3c([2H])c([2H])c([2H])c([2H])c3n4-c3ccc(-c4ccccc4)cc3)c([2H])c([2H])c1n2-c1ccccc1. The molecule has 0 amide bonds. The molecule has 2 heterocycles. The van der Waals surface area contributed by atoms with E-state index in [0.717, 1.165) is 11.1 Å². The summed E-state index contributed by atoms with van der Waals surface area (Å²) in [5.41, 5.74) is 1.58. The molecule has 2 heteroatoms. The lowest BCUT2D eigenvalue weighted by molar-refractivity contribution is 1.18. The van der Waals surface area contributed by atoms with Crippen LogP contribution in [0.4, 0.5) is 0 Å². The van der Waals surface area contributed by atoms with Crippen molar-refractivity contribution in [3.8, 4) is 33.6 Å². The van der Waals surface area contributed by atoms with Crippen molar-refractivity contribution in [2.24, 2.45) is 0 Å². The maximum Gasteiger partial charge on any atom is 0.0645 e. The smallest absolute Gasteiger partial charge is 0.0645 e. The van der Waals surface area contributed by atoms with Crippen LogP contribution in [0.25, 0.3) is 77.2 Å². The molecule has 9 rings (SSSR count). The first-order valence-electron chi connectivity index (χ1n) is 21.0. The van der Waals surface area contributed by atoms with Gasteiger partial charge in [0.05, 0.1) is 41.3 Å². The van der Waals surface area contributed by atoms with Crippen LogP contribution >= 0.6 is 0 Å². The number of fused-ring (bicyclic) bond motifs is 6. The Labute approximate surface area is 275 Å². The Kier molecular flexibility index (Phi) is 3.26. The summed E-state index contributed by atoms with van der Waals surface area (Å²) in [6.45, 7) is 0. The van der Waals surface area contributed by atoms with Crippen molar-refractivity contribution in [2.75, 3.05) is 0 Å². The molecule has 2 aromatic heterocycles. The average Bonchev–Trinajstić information content (AvgIpc) is 3.79. The molecule has 0 saturated carbocycles. The van der Waals surface area contributed by atoms with E-state index in [1.807, 2.05) is 42.5 Å². The molecule has 44 heavy (non-hydrogen) atoms. The number of hydrogen-bond acceptors (Lipinski definition) is 0. The topological polar surface area (TPSA) is 9.86 Å². The van der Waals surface area contributed by atoms with E-state index >= 15 is 0 Å². The molecular formula is C42H28N2. The van der Waals surface area contributed by atoms with Gasteiger partial charge < -0.3 is 9.13 Å². The van der Waals surface area contributed by atoms with Crippen LogP contribution in [-0.2, 0) is 0 Å². The standard InChI is InChI=1S/C42H28N2/c1-3-11-29(12-4-1)30-19-23-34(24-20-30)44-40-18-10-8-16-36(40)38-28-32(22-26-42(38)44)31-21-25-41-37(27-31)35-15-7-9-17-39(35)43(41)33-13-5-2-6-14-33/h1-28H/i7D,8D,9D,10D,15D,16D,17D,18D,21D,22D,25D,26D,27D,28D. The van der Waals surface area contributed by atoms with Crippen molar-refractivity contribution in [2.45, 2.75) is 0 Å². The molecule has 0 bridgehead atoms. The molecule has 0 fully saturated rings. The van der Waals surface area contributed by atoms with Crippen LogP contribution in [0.5, 0.6) is 0 Å². The number of nitrogens with zero attached hydrogens (tertiary/aromatic N) is 2. The fourth-order valence-electron chi connectivity index (χ4n) is 5.81. The molecule has 206 valence electrons. The molecule has 2 nitrogen and oxygen atoms in total. The lowest BCUT2D eigenvalue weighted by Crippen LogP contribution is -1.93. The first-order valence-corrected chi connectivity index (χ1v) is 14.0. The van der Waals surface area contributed by atoms with E-state index in [4.69, 9.17) is 11.0 Å². The summed E-state index contributed by atoms with van der Waals surface area (Å²) in [5, 5.41) is -0.438. The number of hydrogen-bond donors (Lipinski definition) is 0. The molecule has 0 aliphatic rings. The predicted octanol–water partition coefficient (Wildman–Crippen LogP) is 11.2. The van der Waals surface area contributed by atoms with Crippen LogP contribution in [0.2, 0.25) is 0 Å². The zero-order valence-corrected chi connectivity index (χ0v) is 23.0. The fraction of sp³-hybridized carbons (Fsp3) is 0. The van der Waals surface area contributed by atoms with Crippen molar-refractivity contribution in [3.63, 3.8) is 0 Å². The average molecular weight is 575 g/mol. The van der Waals surface area contributed by atoms with E-state index in [0.29, 0.717) is 11.4 Å². The lowest BCUT2D eigenvalue weighted by Gasteiger charge is -2.10. The van der Waals surface area contributed by atoms with Gasteiger partial charge in [-0.05, 0) is 82.8 Å². The molecule has 0 saturated heterocycles. The maximum absolute atomic E-state index is 9.70. The Morgan fingerprint density at radius 1 is 0.341 bits per heavy atom. The maximum atomic E-state index is 9.70. The van der Waals surface area contributed by atoms with Crippen molar-refractivity contribution >= 4 is 43.6 Å². The number of rotatable bonds is 4. The van der Waals surface area contributed by atoms with Crippen molar-refractivity contribution in [1.29, 1.82) is 0 Å². The van der Waals surface area contributed by atoms with E-state index in [1.54, 1.807) is 42.5 Å². The zero-order valence-electron chi connectivity index (χ0n) is 37.0. The highest BCUT2D eigenvalue weighted by Gasteiger charge is 2.16. The quantitative estimate of drug-likeness (QED) is 0.198. The monoisotopic (exact) mass is 574 g/mol. The van der Waals surface area contributed by atoms with E-state index in [-0.39, 0.29) is 43.6 Å². The summed E-state index contributed by atoms with van der Waals surface area (Å²) >= 11 is 0. The van der Waals surface area contributed by atoms with Crippen molar-refractivity contribution in [1.82, 2.24) is 9.13 Å². The molecule has 0 radical (unpaired) electrons. The second-order valence-corrected chi connectivity index (χ2v) is 10.3. The largest absolute Gasteiger partial charge is 0.309 e. The summed E-state index contributed by atoms with van der Waals surface area (Å²) in [7, 11) is 0. The number of para-hydroxylation sites is 3. The van der Waals surface area contributed by atoms with Gasteiger partial charge in [-0.1, -0.05) is 109 Å². The van der Waals surface area contributed by atoms with Gasteiger partial charge in [-0.25, -0.2) is 0 Å². The predicted molar refractivity (Wildman–Crippen MR) is 186 cm³/mol. The number of aromatic nitrogens is 2. The van der Waals surface area contributed by atoms with Crippen LogP contribution in [0.1, 0.15) is 19.2 Å². The molecule has 7 aromatic carbocycles. The molecule has 0 unspecified atom stereocenters. The third-order valence-corrected chi connectivity index (χ3v) is 7.81. The Morgan fingerprint density at radius 2 is 0.773 bits per heavy atom. The minimum atomic E-state index is -0.604. The molecule has 9 aromatic rings. The minimum absolute atomic E-state index is 0.0306. The molecule has 0 spiro atoms. The van der Waals surface area contributed by atoms with Gasteiger partial charge in [0.15, 0.2) is 0 Å². The van der Waals surface area contributed by atoms with Crippen LogP contribution < -0.4 is 0 Å². The number of benzene rings is 7. The summed E-state index contributed by atoms with van der Waals surface area (Å²) in [4.78, 5) is 0. The summed E-state index contributed by atoms with van der Waals surface area (Å²) in [5.74, 6) is 0. The van der Waals surface area contributed by atoms with Crippen LogP contribution in [-0.4, -0.2) is 9.13 Å². The zero-order chi connectivity index (χ0) is 41.2. The molecule has 0 atom stereocenters. The first-order chi connectivity index (χ1) is 27.7. The third kappa shape index (κ3) is 3.82. The van der Waals surface area contributed by atoms with Gasteiger partial charge in [-0.15, -0.1) is 0 Å². The highest BCUT2D eigenvalue weighted by Crippen LogP contribution is 2.38. The summed E-state index contributed by atoms with van der Waals surface area (Å²) in [6.07, 6.45) is 0. The van der Waals surface area contributed by atoms with Crippen LogP contribution in [0.3, 0.4) is 0 Å². The highest BCUT2D eigenvalue weighted by molar-refractivity contribution is 6.12. The second-order valence-electron chi connectivity index (χ2n) is 10.3. The van der Waals surface area contributed by atoms with Crippen molar-refractivity contribution < 1.29 is 19.2 Å². The van der Waals surface area contributed by atoms with Crippen LogP contribution in [0, 0.1) is 0 Å². The third-order valence-electron chi connectivity index (χ3n) is 7.81. The van der Waals surface area contributed by atoms with Gasteiger partial charge in [0, 0.05) is 32.9 Å². The first kappa shape index (κ1) is 14.5. The molecule has 0 aliphatic carbocycles. The van der Waals surface area contributed by atoms with Crippen LogP contribution in [0.15, 0.2) is 170 Å². The highest BCUT2D eigenvalue weighted by atomic mass is 15.0. The fourth-order valence-corrected chi connectivity index (χ4v) is 5.81. The van der Waals surface area contributed by atoms with E-state index in [1.165, 1.54) is 9.13 Å². The van der Waals surface area contributed by atoms with E-state index in [2.05, 4.69) is 0 Å². The Hall–Kier alpha value is -5.86. The van der Waals surface area contributed by atoms with Gasteiger partial charge in [-0.2, -0.15) is 0 Å². The Morgan fingerprint density at radius 3 is 1.32 bits per heavy atom. The van der Waals surface area contributed by atoms with Gasteiger partial charge in [0.25, 0.3) is 0 Å². The van der Waals surface area contributed by atoms with Gasteiger partial charge in [0.1, 0.15) is 0 Å². The second kappa shape index (κ2) is 9.86.